The minimum Gasteiger partial charge on any atom is -0.480 e. The molecule has 4 N–H and O–H groups in total. The van der Waals surface area contributed by atoms with Gasteiger partial charge < -0.3 is 30.5 Å². The van der Waals surface area contributed by atoms with Gasteiger partial charge in [-0.1, -0.05) is 30.3 Å². The molecule has 38 heavy (non-hydrogen) atoms. The Morgan fingerprint density at radius 2 is 1.82 bits per heavy atom. The summed E-state index contributed by atoms with van der Waals surface area (Å²) in [4.78, 5) is 38.8. The molecule has 2 aromatic carbocycles. The predicted molar refractivity (Wildman–Crippen MR) is 147 cm³/mol. The van der Waals surface area contributed by atoms with Crippen LogP contribution in [0.4, 0.5) is 11.4 Å². The molecule has 0 radical (unpaired) electrons. The third-order valence-corrected chi connectivity index (χ3v) is 7.98. The van der Waals surface area contributed by atoms with Gasteiger partial charge in [0.25, 0.3) is 0 Å². The molecule has 1 fully saturated rings. The molecule has 0 spiro atoms. The fraction of sp³-hybridized carbons (Fsp3) is 0.321. The average Bonchev–Trinajstić information content (AvgIpc) is 3.27. The number of nitrogens with zero attached hydrogens (tertiary/aromatic N) is 1. The van der Waals surface area contributed by atoms with Crippen molar-refractivity contribution in [3.63, 3.8) is 0 Å². The zero-order valence-electron chi connectivity index (χ0n) is 21.3. The number of aliphatic carboxylic acids is 1. The SMILES string of the molecule is Cc1c(-c2cccc(NC(C(=O)N(C)c3ccccc3)C3CCNCC3)c2)sc(C(=O)O)c1OCC(=O)O. The monoisotopic (exact) mass is 537 g/mol. The van der Waals surface area contributed by atoms with Crippen molar-refractivity contribution in [2.24, 2.45) is 5.92 Å². The van der Waals surface area contributed by atoms with Crippen molar-refractivity contribution in [3.05, 3.63) is 65.0 Å². The number of para-hydroxylation sites is 1. The van der Waals surface area contributed by atoms with Crippen LogP contribution in [0.25, 0.3) is 10.4 Å². The van der Waals surface area contributed by atoms with Gasteiger partial charge in [-0.15, -0.1) is 11.3 Å². The first-order valence-electron chi connectivity index (χ1n) is 12.4. The van der Waals surface area contributed by atoms with Crippen LogP contribution >= 0.6 is 11.3 Å². The number of aromatic carboxylic acids is 1. The molecule has 3 aromatic rings. The van der Waals surface area contributed by atoms with E-state index < -0.39 is 24.6 Å². The van der Waals surface area contributed by atoms with Gasteiger partial charge in [0.1, 0.15) is 11.8 Å². The Morgan fingerprint density at radius 3 is 2.47 bits per heavy atom. The van der Waals surface area contributed by atoms with Crippen LogP contribution in [0.1, 0.15) is 28.1 Å². The van der Waals surface area contributed by atoms with Crippen LogP contribution in [0, 0.1) is 12.8 Å². The number of carbonyl (C=O) groups excluding carboxylic acids is 1. The highest BCUT2D eigenvalue weighted by molar-refractivity contribution is 7.18. The molecule has 2 heterocycles. The van der Waals surface area contributed by atoms with Gasteiger partial charge in [0.15, 0.2) is 11.5 Å². The van der Waals surface area contributed by atoms with Crippen molar-refractivity contribution in [1.29, 1.82) is 0 Å². The van der Waals surface area contributed by atoms with E-state index in [-0.39, 0.29) is 22.5 Å². The van der Waals surface area contributed by atoms with E-state index in [4.69, 9.17) is 9.84 Å². The summed E-state index contributed by atoms with van der Waals surface area (Å²) in [5.41, 5.74) is 2.86. The number of carboxylic acid groups (broad SMARTS) is 2. The normalized spacial score (nSPS) is 14.5. The summed E-state index contributed by atoms with van der Waals surface area (Å²) >= 11 is 1.03. The number of amides is 1. The zero-order valence-corrected chi connectivity index (χ0v) is 22.1. The second-order valence-corrected chi connectivity index (χ2v) is 10.2. The Hall–Kier alpha value is -3.89. The number of hydrogen-bond donors (Lipinski definition) is 4. The van der Waals surface area contributed by atoms with Crippen molar-refractivity contribution in [3.8, 4) is 16.2 Å². The van der Waals surface area contributed by atoms with Gasteiger partial charge in [-0.05, 0) is 68.6 Å². The third kappa shape index (κ3) is 6.15. The summed E-state index contributed by atoms with van der Waals surface area (Å²) in [5, 5.41) is 25.5. The molecule has 200 valence electrons. The largest absolute Gasteiger partial charge is 0.480 e. The van der Waals surface area contributed by atoms with Crippen LogP contribution in [-0.4, -0.2) is 60.8 Å². The summed E-state index contributed by atoms with van der Waals surface area (Å²) < 4.78 is 5.33. The standard InChI is InChI=1S/C28H31N3O6S/c1-17-24(37-16-22(32)33)26(28(35)36)38-25(17)19-7-6-8-20(15-19)30-23(18-11-13-29-14-12-18)27(34)31(2)21-9-4-3-5-10-21/h3-10,15,18,23,29-30H,11-14,16H2,1-2H3,(H,32,33)(H,35,36). The van der Waals surface area contributed by atoms with Crippen LogP contribution in [-0.2, 0) is 9.59 Å². The Balaban J connectivity index is 1.64. The van der Waals surface area contributed by atoms with Crippen molar-refractivity contribution in [1.82, 2.24) is 5.32 Å². The van der Waals surface area contributed by atoms with Crippen LogP contribution in [0.15, 0.2) is 54.6 Å². The molecular weight excluding hydrogens is 506 g/mol. The summed E-state index contributed by atoms with van der Waals surface area (Å²) in [6.07, 6.45) is 1.73. The van der Waals surface area contributed by atoms with Gasteiger partial charge in [-0.2, -0.15) is 0 Å². The third-order valence-electron chi connectivity index (χ3n) is 6.67. The number of anilines is 2. The lowest BCUT2D eigenvalue weighted by Crippen LogP contribution is -2.48. The quantitative estimate of drug-likeness (QED) is 0.301. The van der Waals surface area contributed by atoms with E-state index in [1.807, 2.05) is 54.6 Å². The lowest BCUT2D eigenvalue weighted by Gasteiger charge is -2.33. The first kappa shape index (κ1) is 27.2. The number of nitrogens with one attached hydrogen (secondary N) is 2. The Morgan fingerprint density at radius 1 is 1.11 bits per heavy atom. The van der Waals surface area contributed by atoms with E-state index >= 15 is 0 Å². The van der Waals surface area contributed by atoms with E-state index in [0.717, 1.165) is 54.2 Å². The van der Waals surface area contributed by atoms with Gasteiger partial charge in [0.2, 0.25) is 5.91 Å². The average molecular weight is 538 g/mol. The van der Waals surface area contributed by atoms with E-state index in [1.165, 1.54) is 0 Å². The lowest BCUT2D eigenvalue weighted by molar-refractivity contribution is -0.139. The van der Waals surface area contributed by atoms with Crippen molar-refractivity contribution >= 4 is 40.6 Å². The smallest absolute Gasteiger partial charge is 0.349 e. The van der Waals surface area contributed by atoms with Crippen molar-refractivity contribution < 1.29 is 29.3 Å². The lowest BCUT2D eigenvalue weighted by atomic mass is 9.89. The number of carboxylic acids is 2. The fourth-order valence-corrected chi connectivity index (χ4v) is 5.79. The minimum absolute atomic E-state index is 0.0293. The van der Waals surface area contributed by atoms with Crippen LogP contribution in [0.3, 0.4) is 0 Å². The Bertz CT molecular complexity index is 1300. The Labute approximate surface area is 225 Å². The number of likely N-dealkylation sites (N-methyl/N-ethyl adjacent to an activating group) is 1. The number of rotatable bonds is 10. The second kappa shape index (κ2) is 12.1. The molecule has 1 amide bonds. The maximum absolute atomic E-state index is 13.7. The van der Waals surface area contributed by atoms with E-state index in [0.29, 0.717) is 10.4 Å². The fourth-order valence-electron chi connectivity index (χ4n) is 4.70. The number of ether oxygens (including phenoxy) is 1. The number of carbonyl (C=O) groups is 3. The highest BCUT2D eigenvalue weighted by Crippen LogP contribution is 2.42. The molecule has 0 aliphatic carbocycles. The Kier molecular flexibility index (Phi) is 8.65. The molecule has 1 aliphatic heterocycles. The molecule has 1 unspecified atom stereocenters. The van der Waals surface area contributed by atoms with Gasteiger partial charge in [0, 0.05) is 28.9 Å². The molecule has 0 bridgehead atoms. The molecule has 1 aromatic heterocycles. The zero-order chi connectivity index (χ0) is 27.2. The van der Waals surface area contributed by atoms with Crippen molar-refractivity contribution in [2.45, 2.75) is 25.8 Å². The van der Waals surface area contributed by atoms with Crippen LogP contribution in [0.2, 0.25) is 0 Å². The van der Waals surface area contributed by atoms with Crippen LogP contribution in [0.5, 0.6) is 5.75 Å². The number of benzene rings is 2. The van der Waals surface area contributed by atoms with E-state index in [2.05, 4.69) is 10.6 Å². The molecule has 10 heteroatoms. The first-order chi connectivity index (χ1) is 18.3. The molecule has 1 aliphatic rings. The molecule has 1 atom stereocenters. The maximum atomic E-state index is 13.7. The molecular formula is C28H31N3O6S. The maximum Gasteiger partial charge on any atom is 0.349 e. The van der Waals surface area contributed by atoms with Gasteiger partial charge in [0.05, 0.1) is 0 Å². The van der Waals surface area contributed by atoms with E-state index in [9.17, 15) is 19.5 Å². The topological polar surface area (TPSA) is 128 Å². The summed E-state index contributed by atoms with van der Waals surface area (Å²) in [6.45, 7) is 2.77. The van der Waals surface area contributed by atoms with Crippen molar-refractivity contribution in [2.75, 3.05) is 37.0 Å². The van der Waals surface area contributed by atoms with Gasteiger partial charge >= 0.3 is 11.9 Å². The highest BCUT2D eigenvalue weighted by atomic mass is 32.1. The van der Waals surface area contributed by atoms with Gasteiger partial charge in [-0.25, -0.2) is 9.59 Å². The number of thiophene rings is 1. The molecule has 0 saturated carbocycles. The van der Waals surface area contributed by atoms with Gasteiger partial charge in [-0.3, -0.25) is 4.79 Å². The number of piperidine rings is 1. The number of hydrogen-bond acceptors (Lipinski definition) is 7. The van der Waals surface area contributed by atoms with E-state index in [1.54, 1.807) is 18.9 Å². The summed E-state index contributed by atoms with van der Waals surface area (Å²) in [5.74, 6) is -2.20. The molecule has 4 rings (SSSR count). The minimum atomic E-state index is -1.19. The van der Waals surface area contributed by atoms with Crippen LogP contribution < -0.4 is 20.3 Å². The first-order valence-corrected chi connectivity index (χ1v) is 13.2. The second-order valence-electron chi connectivity index (χ2n) is 9.23. The summed E-state index contributed by atoms with van der Waals surface area (Å²) in [7, 11) is 1.78. The highest BCUT2D eigenvalue weighted by Gasteiger charge is 2.32. The predicted octanol–water partition coefficient (Wildman–Crippen LogP) is 4.33. The molecule has 9 nitrogen and oxygen atoms in total. The molecule has 1 saturated heterocycles. The summed E-state index contributed by atoms with van der Waals surface area (Å²) in [6, 6.07) is 16.5.